The number of ether oxygens (including phenoxy) is 4. The van der Waals surface area contributed by atoms with Crippen LogP contribution in [0.3, 0.4) is 0 Å². The lowest BCUT2D eigenvalue weighted by molar-refractivity contribution is 0.0876. The summed E-state index contributed by atoms with van der Waals surface area (Å²) in [7, 11) is 1.49. The number of nitrogens with one attached hydrogen (secondary N) is 1. The highest BCUT2D eigenvalue weighted by Gasteiger charge is 2.41. The molecule has 8 rings (SSSR count). The van der Waals surface area contributed by atoms with Crippen LogP contribution in [0.25, 0.3) is 11.1 Å². The predicted octanol–water partition coefficient (Wildman–Crippen LogP) is 5.89. The SMILES string of the molecule is COc1cc([C@@H]2COc3cc4c5c(c3[C@H]2O)CCc2c(OCc3cccc(CO)c3)cc(O)c(c2-5)[C@@H](O)N4)cc(OC2CCCC2)c1O. The molecule has 2 aliphatic heterocycles. The van der Waals surface area contributed by atoms with Gasteiger partial charge in [-0.25, -0.2) is 0 Å². The maximum absolute atomic E-state index is 12.1. The van der Waals surface area contributed by atoms with Crippen LogP contribution in [0, 0.1) is 0 Å². The Hall–Kier alpha value is -4.64. The zero-order chi connectivity index (χ0) is 33.1. The molecule has 0 aromatic heterocycles. The van der Waals surface area contributed by atoms with Gasteiger partial charge in [-0.05, 0) is 72.9 Å². The van der Waals surface area contributed by atoms with Crippen molar-refractivity contribution in [2.45, 2.75) is 76.1 Å². The minimum Gasteiger partial charge on any atom is -0.507 e. The van der Waals surface area contributed by atoms with E-state index in [2.05, 4.69) is 5.32 Å². The minimum atomic E-state index is -1.16. The molecule has 0 bridgehead atoms. The molecule has 6 N–H and O–H groups in total. The van der Waals surface area contributed by atoms with Gasteiger partial charge in [0.25, 0.3) is 0 Å². The second-order valence-electron chi connectivity index (χ2n) is 13.1. The first-order valence-electron chi connectivity index (χ1n) is 16.6. The summed E-state index contributed by atoms with van der Waals surface area (Å²) in [6, 6.07) is 14.4. The quantitative estimate of drug-likeness (QED) is 0.136. The number of benzene rings is 4. The van der Waals surface area contributed by atoms with E-state index in [1.807, 2.05) is 30.3 Å². The van der Waals surface area contributed by atoms with Gasteiger partial charge in [0, 0.05) is 46.0 Å². The van der Waals surface area contributed by atoms with Crippen LogP contribution in [0.2, 0.25) is 0 Å². The molecule has 3 atom stereocenters. The molecule has 0 amide bonds. The van der Waals surface area contributed by atoms with Crippen LogP contribution >= 0.6 is 0 Å². The topological polar surface area (TPSA) is 150 Å². The number of anilines is 1. The van der Waals surface area contributed by atoms with Gasteiger partial charge in [0.2, 0.25) is 5.75 Å². The Balaban J connectivity index is 1.18. The number of hydrogen-bond acceptors (Lipinski definition) is 10. The van der Waals surface area contributed by atoms with E-state index < -0.39 is 18.2 Å². The van der Waals surface area contributed by atoms with Crippen molar-refractivity contribution in [2.24, 2.45) is 0 Å². The third-order valence-electron chi connectivity index (χ3n) is 10.3. The summed E-state index contributed by atoms with van der Waals surface area (Å²) in [4.78, 5) is 0. The highest BCUT2D eigenvalue weighted by atomic mass is 16.5. The molecule has 4 aromatic carbocycles. The lowest BCUT2D eigenvalue weighted by Crippen LogP contribution is -2.29. The van der Waals surface area contributed by atoms with Gasteiger partial charge in [-0.15, -0.1) is 0 Å². The number of aromatic hydroxyl groups is 2. The maximum atomic E-state index is 12.1. The minimum absolute atomic E-state index is 0.0215. The summed E-state index contributed by atoms with van der Waals surface area (Å²) in [5.74, 6) is 1.03. The van der Waals surface area contributed by atoms with Gasteiger partial charge >= 0.3 is 0 Å². The largest absolute Gasteiger partial charge is 0.507 e. The van der Waals surface area contributed by atoms with Crippen LogP contribution in [0.15, 0.2) is 48.5 Å². The average molecular weight is 654 g/mol. The Morgan fingerprint density at radius 2 is 1.65 bits per heavy atom. The molecule has 2 aliphatic carbocycles. The number of fused-ring (bicyclic) bond motifs is 2. The molecule has 0 saturated heterocycles. The normalized spacial score (nSPS) is 20.7. The van der Waals surface area contributed by atoms with Crippen LogP contribution < -0.4 is 24.3 Å². The van der Waals surface area contributed by atoms with Crippen LogP contribution in [0.1, 0.15) is 82.9 Å². The van der Waals surface area contributed by atoms with E-state index in [9.17, 15) is 25.5 Å². The van der Waals surface area contributed by atoms with E-state index in [0.29, 0.717) is 52.5 Å². The molecule has 1 fully saturated rings. The fourth-order valence-electron chi connectivity index (χ4n) is 7.92. The zero-order valence-corrected chi connectivity index (χ0v) is 26.7. The van der Waals surface area contributed by atoms with Crippen molar-refractivity contribution >= 4 is 5.69 Å². The summed E-state index contributed by atoms with van der Waals surface area (Å²) in [5.41, 5.74) is 7.33. The molecule has 0 unspecified atom stereocenters. The lowest BCUT2D eigenvalue weighted by Gasteiger charge is -2.39. The van der Waals surface area contributed by atoms with E-state index in [0.717, 1.165) is 59.1 Å². The Labute approximate surface area is 278 Å². The van der Waals surface area contributed by atoms with Crippen LogP contribution in [0.5, 0.6) is 34.5 Å². The van der Waals surface area contributed by atoms with E-state index in [4.69, 9.17) is 18.9 Å². The first kappa shape index (κ1) is 30.7. The molecule has 48 heavy (non-hydrogen) atoms. The van der Waals surface area contributed by atoms with Crippen molar-refractivity contribution in [3.8, 4) is 45.6 Å². The highest BCUT2D eigenvalue weighted by molar-refractivity contribution is 5.93. The summed E-state index contributed by atoms with van der Waals surface area (Å²) in [5, 5.41) is 58.0. The number of rotatable bonds is 8. The van der Waals surface area contributed by atoms with E-state index in [1.54, 1.807) is 18.2 Å². The average Bonchev–Trinajstić information content (AvgIpc) is 3.61. The summed E-state index contributed by atoms with van der Waals surface area (Å²) in [6.07, 6.45) is 3.05. The summed E-state index contributed by atoms with van der Waals surface area (Å²) in [6.45, 7) is 0.351. The number of aliphatic hydroxyl groups excluding tert-OH is 3. The van der Waals surface area contributed by atoms with Gasteiger partial charge in [-0.1, -0.05) is 24.3 Å². The molecule has 4 aromatic rings. The van der Waals surface area contributed by atoms with E-state index in [-0.39, 0.29) is 43.2 Å². The van der Waals surface area contributed by atoms with Gasteiger partial charge in [-0.2, -0.15) is 0 Å². The molecule has 250 valence electrons. The monoisotopic (exact) mass is 653 g/mol. The summed E-state index contributed by atoms with van der Waals surface area (Å²) >= 11 is 0. The van der Waals surface area contributed by atoms with Crippen molar-refractivity contribution in [3.63, 3.8) is 0 Å². The standard InChI is InChI=1S/C38H39NO9/c1-45-30-12-21(13-31(37(30)43)48-22-7-2-3-8-22)25-18-47-29-14-26-32-24(33(29)36(25)42)10-9-23-28(15-27(41)35(34(23)32)38(44)39-26)46-17-20-6-4-5-19(11-20)16-40/h4-6,11-15,22,25,36,38-44H,2-3,7-10,16-18H2,1H3/t25-,36-,38+/m0/s1. The molecule has 4 aliphatic rings. The fraction of sp³-hybridized carbons (Fsp3) is 0.368. The predicted molar refractivity (Wildman–Crippen MR) is 177 cm³/mol. The molecule has 10 nitrogen and oxygen atoms in total. The van der Waals surface area contributed by atoms with Gasteiger partial charge in [-0.3, -0.25) is 0 Å². The lowest BCUT2D eigenvalue weighted by atomic mass is 9.74. The Morgan fingerprint density at radius 1 is 0.875 bits per heavy atom. The first-order chi connectivity index (χ1) is 23.3. The second kappa shape index (κ2) is 12.1. The van der Waals surface area contributed by atoms with Crippen molar-refractivity contribution in [1.29, 1.82) is 0 Å². The molecule has 10 heteroatoms. The van der Waals surface area contributed by atoms with Crippen molar-refractivity contribution in [3.05, 3.63) is 87.5 Å². The van der Waals surface area contributed by atoms with Crippen LogP contribution in [0.4, 0.5) is 5.69 Å². The third-order valence-corrected chi connectivity index (χ3v) is 10.3. The molecule has 1 saturated carbocycles. The Morgan fingerprint density at radius 3 is 2.44 bits per heavy atom. The Bertz CT molecular complexity index is 1900. The third kappa shape index (κ3) is 5.06. The maximum Gasteiger partial charge on any atom is 0.200 e. The van der Waals surface area contributed by atoms with Crippen LogP contribution in [-0.4, -0.2) is 45.4 Å². The molecule has 0 spiro atoms. The van der Waals surface area contributed by atoms with Crippen molar-refractivity contribution in [2.75, 3.05) is 19.0 Å². The van der Waals surface area contributed by atoms with Gasteiger partial charge in [0.15, 0.2) is 17.7 Å². The van der Waals surface area contributed by atoms with Gasteiger partial charge in [0.1, 0.15) is 23.9 Å². The second-order valence-corrected chi connectivity index (χ2v) is 13.1. The molecular weight excluding hydrogens is 614 g/mol. The van der Waals surface area contributed by atoms with Crippen molar-refractivity contribution in [1.82, 2.24) is 0 Å². The highest BCUT2D eigenvalue weighted by Crippen LogP contribution is 2.57. The Kier molecular flexibility index (Phi) is 7.74. The number of aliphatic hydroxyl groups is 3. The zero-order valence-electron chi connectivity index (χ0n) is 26.7. The first-order valence-corrected chi connectivity index (χ1v) is 16.6. The number of hydrogen-bond donors (Lipinski definition) is 6. The van der Waals surface area contributed by atoms with E-state index >= 15 is 0 Å². The molecule has 2 heterocycles. The van der Waals surface area contributed by atoms with E-state index in [1.165, 1.54) is 7.11 Å². The molecular formula is C38H39NO9. The van der Waals surface area contributed by atoms with Gasteiger partial charge in [0.05, 0.1) is 38.1 Å². The molecule has 0 radical (unpaired) electrons. The smallest absolute Gasteiger partial charge is 0.200 e. The summed E-state index contributed by atoms with van der Waals surface area (Å²) < 4.78 is 24.3. The van der Waals surface area contributed by atoms with Crippen LogP contribution in [-0.2, 0) is 26.1 Å². The van der Waals surface area contributed by atoms with Gasteiger partial charge < -0.3 is 49.8 Å². The number of phenols is 2. The number of methoxy groups -OCH3 is 1. The van der Waals surface area contributed by atoms with Crippen molar-refractivity contribution < 1.29 is 44.5 Å². The number of phenolic OH excluding ortho intramolecular Hbond substituents is 2. The fourth-order valence-corrected chi connectivity index (χ4v) is 7.92.